The molecule has 0 saturated heterocycles. The first-order chi connectivity index (χ1) is 8.54. The molecule has 7 heteroatoms. The number of aliphatic hydroxyl groups is 1. The molecule has 0 aromatic heterocycles. The molecule has 1 atom stereocenters. The number of urea groups is 1. The van der Waals surface area contributed by atoms with Crippen LogP contribution in [-0.4, -0.2) is 66.6 Å². The molecule has 7 nitrogen and oxygen atoms in total. The van der Waals surface area contributed by atoms with Crippen LogP contribution in [-0.2, 0) is 9.53 Å². The Hall–Kier alpha value is -1.60. The number of ether oxygens (including phenoxy) is 1. The van der Waals surface area contributed by atoms with Gasteiger partial charge in [-0.05, 0) is 12.0 Å². The van der Waals surface area contributed by atoms with Crippen molar-refractivity contribution in [1.29, 1.82) is 0 Å². The predicted octanol–water partition coefficient (Wildman–Crippen LogP) is -0.580. The maximum atomic E-state index is 11.6. The number of carboxylic acid groups (broad SMARTS) is 1. The Kier molecular flexibility index (Phi) is 5.60. The van der Waals surface area contributed by atoms with Gasteiger partial charge in [0.15, 0.2) is 6.10 Å². The average Bonchev–Trinajstić information content (AvgIpc) is 2.36. The molecule has 0 bridgehead atoms. The van der Waals surface area contributed by atoms with Crippen molar-refractivity contribution in [3.05, 3.63) is 11.6 Å². The number of nitrogens with zero attached hydrogens (tertiary/aromatic N) is 1. The van der Waals surface area contributed by atoms with Crippen molar-refractivity contribution in [3.8, 4) is 0 Å². The maximum absolute atomic E-state index is 11.6. The summed E-state index contributed by atoms with van der Waals surface area (Å²) in [5.41, 5.74) is 1.15. The van der Waals surface area contributed by atoms with E-state index in [1.165, 1.54) is 0 Å². The van der Waals surface area contributed by atoms with Crippen LogP contribution in [0.15, 0.2) is 11.6 Å². The minimum absolute atomic E-state index is 0.292. The number of carbonyl (C=O) groups is 2. The van der Waals surface area contributed by atoms with Gasteiger partial charge in [0.05, 0.1) is 13.2 Å². The zero-order valence-electron chi connectivity index (χ0n) is 10.3. The Morgan fingerprint density at radius 1 is 1.61 bits per heavy atom. The first-order valence-electron chi connectivity index (χ1n) is 5.65. The molecule has 0 aromatic rings. The van der Waals surface area contributed by atoms with E-state index in [1.807, 2.05) is 6.08 Å². The number of carbonyl (C=O) groups excluding carboxylic acids is 1. The van der Waals surface area contributed by atoms with Gasteiger partial charge < -0.3 is 25.2 Å². The smallest absolute Gasteiger partial charge is 0.334 e. The van der Waals surface area contributed by atoms with Gasteiger partial charge in [-0.1, -0.05) is 6.08 Å². The van der Waals surface area contributed by atoms with Gasteiger partial charge in [-0.3, -0.25) is 0 Å². The van der Waals surface area contributed by atoms with Crippen LogP contribution >= 0.6 is 0 Å². The van der Waals surface area contributed by atoms with E-state index in [1.54, 1.807) is 12.0 Å². The van der Waals surface area contributed by atoms with Crippen LogP contribution in [0.4, 0.5) is 4.79 Å². The number of nitrogens with one attached hydrogen (secondary N) is 1. The Morgan fingerprint density at radius 3 is 2.83 bits per heavy atom. The van der Waals surface area contributed by atoms with E-state index in [0.29, 0.717) is 19.7 Å². The number of carboxylic acids is 1. The zero-order chi connectivity index (χ0) is 13.5. The summed E-state index contributed by atoms with van der Waals surface area (Å²) in [5.74, 6) is -1.35. The van der Waals surface area contributed by atoms with Crippen LogP contribution in [0.5, 0.6) is 0 Å². The second kappa shape index (κ2) is 6.97. The highest BCUT2D eigenvalue weighted by Crippen LogP contribution is 2.10. The van der Waals surface area contributed by atoms with Crippen LogP contribution in [0.3, 0.4) is 0 Å². The van der Waals surface area contributed by atoms with Gasteiger partial charge in [-0.25, -0.2) is 9.59 Å². The molecule has 0 aliphatic carbocycles. The lowest BCUT2D eigenvalue weighted by atomic mass is 10.1. The van der Waals surface area contributed by atoms with E-state index in [4.69, 9.17) is 14.9 Å². The molecule has 1 heterocycles. The van der Waals surface area contributed by atoms with Crippen molar-refractivity contribution < 1.29 is 24.5 Å². The molecular weight excluding hydrogens is 240 g/mol. The van der Waals surface area contributed by atoms with E-state index in [2.05, 4.69) is 5.32 Å². The normalized spacial score (nSPS) is 17.0. The summed E-state index contributed by atoms with van der Waals surface area (Å²) in [5, 5.41) is 19.9. The van der Waals surface area contributed by atoms with E-state index >= 15 is 0 Å². The van der Waals surface area contributed by atoms with Crippen molar-refractivity contribution in [2.75, 3.05) is 33.4 Å². The topological polar surface area (TPSA) is 99.1 Å². The standard InChI is InChI=1S/C11H18N2O5/c1-18-7-8-2-4-13(5-3-8)11(17)12-6-9(14)10(15)16/h2,9,14H,3-7H2,1H3,(H,12,17)(H,15,16). The van der Waals surface area contributed by atoms with Crippen molar-refractivity contribution in [1.82, 2.24) is 10.2 Å². The van der Waals surface area contributed by atoms with E-state index in [9.17, 15) is 9.59 Å². The third-order valence-corrected chi connectivity index (χ3v) is 2.65. The third kappa shape index (κ3) is 4.34. The van der Waals surface area contributed by atoms with Crippen LogP contribution in [0.2, 0.25) is 0 Å². The lowest BCUT2D eigenvalue weighted by Gasteiger charge is -2.26. The fourth-order valence-electron chi connectivity index (χ4n) is 1.60. The molecule has 3 N–H and O–H groups in total. The molecule has 0 aromatic carbocycles. The molecule has 102 valence electrons. The SMILES string of the molecule is COCC1=CCN(C(=O)NCC(O)C(=O)O)CC1. The van der Waals surface area contributed by atoms with E-state index < -0.39 is 12.1 Å². The minimum Gasteiger partial charge on any atom is -0.479 e. The highest BCUT2D eigenvalue weighted by molar-refractivity contribution is 5.77. The Morgan fingerprint density at radius 2 is 2.33 bits per heavy atom. The molecule has 1 unspecified atom stereocenters. The Bertz CT molecular complexity index is 342. The lowest BCUT2D eigenvalue weighted by Crippen LogP contribution is -2.46. The quantitative estimate of drug-likeness (QED) is 0.573. The average molecular weight is 258 g/mol. The number of rotatable bonds is 5. The minimum atomic E-state index is -1.57. The first kappa shape index (κ1) is 14.5. The van der Waals surface area contributed by atoms with Gasteiger partial charge in [0, 0.05) is 20.2 Å². The molecular formula is C11H18N2O5. The van der Waals surface area contributed by atoms with Crippen LogP contribution in [0, 0.1) is 0 Å². The molecule has 0 fully saturated rings. The number of amides is 2. The molecule has 0 spiro atoms. The summed E-state index contributed by atoms with van der Waals surface area (Å²) < 4.78 is 5.00. The molecule has 18 heavy (non-hydrogen) atoms. The maximum Gasteiger partial charge on any atom is 0.334 e. The van der Waals surface area contributed by atoms with Gasteiger partial charge in [0.2, 0.25) is 0 Å². The summed E-state index contributed by atoms with van der Waals surface area (Å²) in [6.07, 6.45) is 1.08. The van der Waals surface area contributed by atoms with Gasteiger partial charge in [-0.2, -0.15) is 0 Å². The van der Waals surface area contributed by atoms with Crippen LogP contribution in [0.1, 0.15) is 6.42 Å². The van der Waals surface area contributed by atoms with Crippen molar-refractivity contribution >= 4 is 12.0 Å². The fourth-order valence-corrected chi connectivity index (χ4v) is 1.60. The van der Waals surface area contributed by atoms with E-state index in [-0.39, 0.29) is 12.6 Å². The highest BCUT2D eigenvalue weighted by atomic mass is 16.5. The van der Waals surface area contributed by atoms with E-state index in [0.717, 1.165) is 12.0 Å². The molecule has 1 aliphatic heterocycles. The monoisotopic (exact) mass is 258 g/mol. The molecule has 2 amide bonds. The summed E-state index contributed by atoms with van der Waals surface area (Å²) in [4.78, 5) is 23.6. The number of aliphatic carboxylic acids is 1. The van der Waals surface area contributed by atoms with Crippen molar-refractivity contribution in [2.45, 2.75) is 12.5 Å². The number of hydrogen-bond acceptors (Lipinski definition) is 4. The zero-order valence-corrected chi connectivity index (χ0v) is 10.3. The molecule has 0 radical (unpaired) electrons. The summed E-state index contributed by atoms with van der Waals surface area (Å²) in [6, 6.07) is -0.372. The van der Waals surface area contributed by atoms with Crippen LogP contribution < -0.4 is 5.32 Å². The largest absolute Gasteiger partial charge is 0.479 e. The Labute approximate surface area is 105 Å². The van der Waals surface area contributed by atoms with Gasteiger partial charge in [0.25, 0.3) is 0 Å². The van der Waals surface area contributed by atoms with Crippen molar-refractivity contribution in [3.63, 3.8) is 0 Å². The molecule has 1 rings (SSSR count). The summed E-state index contributed by atoms with van der Waals surface area (Å²) in [7, 11) is 1.62. The summed E-state index contributed by atoms with van der Waals surface area (Å²) >= 11 is 0. The van der Waals surface area contributed by atoms with Gasteiger partial charge >= 0.3 is 12.0 Å². The van der Waals surface area contributed by atoms with Crippen LogP contribution in [0.25, 0.3) is 0 Å². The first-order valence-corrected chi connectivity index (χ1v) is 5.65. The highest BCUT2D eigenvalue weighted by Gasteiger charge is 2.19. The number of aliphatic hydroxyl groups excluding tert-OH is 1. The van der Waals surface area contributed by atoms with Gasteiger partial charge in [-0.15, -0.1) is 0 Å². The second-order valence-corrected chi connectivity index (χ2v) is 4.03. The second-order valence-electron chi connectivity index (χ2n) is 4.03. The van der Waals surface area contributed by atoms with Crippen molar-refractivity contribution in [2.24, 2.45) is 0 Å². The molecule has 0 saturated carbocycles. The summed E-state index contributed by atoms with van der Waals surface area (Å²) in [6.45, 7) is 1.30. The van der Waals surface area contributed by atoms with Gasteiger partial charge in [0.1, 0.15) is 0 Å². The molecule has 1 aliphatic rings. The number of methoxy groups -OCH3 is 1. The predicted molar refractivity (Wildman–Crippen MR) is 63.2 cm³/mol. The fraction of sp³-hybridized carbons (Fsp3) is 0.636. The Balaban J connectivity index is 2.34. The third-order valence-electron chi connectivity index (χ3n) is 2.65. The number of hydrogen-bond donors (Lipinski definition) is 3. The lowest BCUT2D eigenvalue weighted by molar-refractivity contribution is -0.146.